The minimum atomic E-state index is 0.713. The van der Waals surface area contributed by atoms with Crippen LogP contribution in [0.1, 0.15) is 153 Å². The Balaban J connectivity index is 1.36. The fourth-order valence-corrected chi connectivity index (χ4v) is 6.21. The van der Waals surface area contributed by atoms with Gasteiger partial charge < -0.3 is 20.9 Å². The molecule has 3 rings (SSSR count). The third kappa shape index (κ3) is 15.4. The number of ether oxygens (including phenoxy) is 2. The number of nitrogen functional groups attached to an aromatic ring is 2. The average molecular weight is 629 g/mol. The summed E-state index contributed by atoms with van der Waals surface area (Å²) >= 11 is 0. The summed E-state index contributed by atoms with van der Waals surface area (Å²) in [5, 5.41) is 0. The minimum absolute atomic E-state index is 0.713. The average Bonchev–Trinajstić information content (AvgIpc) is 3.05. The van der Waals surface area contributed by atoms with E-state index in [2.05, 4.69) is 26.0 Å². The number of nitrogens with two attached hydrogens (primary N) is 2. The lowest BCUT2D eigenvalue weighted by Crippen LogP contribution is -1.97. The first kappa shape index (κ1) is 37.3. The molecule has 46 heavy (non-hydrogen) atoms. The van der Waals surface area contributed by atoms with E-state index in [1.165, 1.54) is 140 Å². The van der Waals surface area contributed by atoms with Crippen molar-refractivity contribution < 1.29 is 9.47 Å². The molecule has 4 heteroatoms. The first-order valence-electron chi connectivity index (χ1n) is 18.8. The van der Waals surface area contributed by atoms with Crippen LogP contribution in [0.4, 0.5) is 11.4 Å². The van der Waals surface area contributed by atoms with Gasteiger partial charge in [-0.1, -0.05) is 148 Å². The maximum absolute atomic E-state index is 6.41. The summed E-state index contributed by atoms with van der Waals surface area (Å²) in [5.41, 5.74) is 16.8. The van der Waals surface area contributed by atoms with Crippen molar-refractivity contribution in [3.05, 3.63) is 71.8 Å². The van der Waals surface area contributed by atoms with Gasteiger partial charge in [0.25, 0.3) is 0 Å². The van der Waals surface area contributed by atoms with Crippen LogP contribution >= 0.6 is 0 Å². The second-order valence-electron chi connectivity index (χ2n) is 13.3. The molecule has 0 aliphatic rings. The van der Waals surface area contributed by atoms with Gasteiger partial charge in [-0.05, 0) is 61.1 Å². The maximum Gasteiger partial charge on any atom is 0.131 e. The molecule has 0 saturated carbocycles. The number of hydrogen-bond acceptors (Lipinski definition) is 4. The summed E-state index contributed by atoms with van der Waals surface area (Å²) in [6.45, 7) is 4.55. The van der Waals surface area contributed by atoms with Crippen molar-refractivity contribution >= 4 is 11.4 Å². The van der Waals surface area contributed by atoms with Crippen molar-refractivity contribution in [3.63, 3.8) is 0 Å². The Morgan fingerprint density at radius 1 is 0.391 bits per heavy atom. The monoisotopic (exact) mass is 628 g/mol. The fraction of sp³-hybridized carbons (Fsp3) is 0.571. The van der Waals surface area contributed by atoms with Gasteiger partial charge in [0.05, 0.1) is 0 Å². The second-order valence-corrected chi connectivity index (χ2v) is 13.3. The molecule has 4 nitrogen and oxygen atoms in total. The van der Waals surface area contributed by atoms with E-state index in [9.17, 15) is 0 Å². The van der Waals surface area contributed by atoms with Crippen molar-refractivity contribution in [1.82, 2.24) is 0 Å². The Kier molecular flexibility index (Phi) is 18.8. The van der Waals surface area contributed by atoms with Gasteiger partial charge in [-0.15, -0.1) is 0 Å². The van der Waals surface area contributed by atoms with Crippen LogP contribution in [-0.4, -0.2) is 0 Å². The van der Waals surface area contributed by atoms with Crippen LogP contribution in [-0.2, 0) is 12.8 Å². The molecule has 0 radical (unpaired) electrons. The standard InChI is InChI=1S/C42H64N2O2/c1-3-5-7-9-11-13-15-17-19-21-24-35-28-30-39(33-41(35)43)45-37-26-23-27-38(32-37)46-40-31-29-36(42(44)34-40)25-22-20-18-16-14-12-10-8-6-4-2/h23,26-34H,3-22,24-25,43-44H2,1-2H3. The van der Waals surface area contributed by atoms with Crippen LogP contribution in [0.2, 0.25) is 0 Å². The van der Waals surface area contributed by atoms with E-state index in [1.54, 1.807) is 0 Å². The van der Waals surface area contributed by atoms with E-state index >= 15 is 0 Å². The van der Waals surface area contributed by atoms with E-state index in [4.69, 9.17) is 20.9 Å². The Bertz CT molecular complexity index is 1130. The molecule has 3 aromatic carbocycles. The molecular weight excluding hydrogens is 564 g/mol. The van der Waals surface area contributed by atoms with Gasteiger partial charge in [0, 0.05) is 29.6 Å². The van der Waals surface area contributed by atoms with Gasteiger partial charge in [-0.2, -0.15) is 0 Å². The summed E-state index contributed by atoms with van der Waals surface area (Å²) in [6.07, 6.45) is 28.9. The lowest BCUT2D eigenvalue weighted by Gasteiger charge is -2.12. The number of rotatable bonds is 26. The highest BCUT2D eigenvalue weighted by molar-refractivity contribution is 5.54. The molecule has 4 N–H and O–H groups in total. The number of unbranched alkanes of at least 4 members (excludes halogenated alkanes) is 18. The zero-order valence-corrected chi connectivity index (χ0v) is 29.3. The molecule has 0 saturated heterocycles. The number of aryl methyl sites for hydroxylation is 2. The van der Waals surface area contributed by atoms with Gasteiger partial charge in [-0.3, -0.25) is 0 Å². The second kappa shape index (κ2) is 23.2. The van der Waals surface area contributed by atoms with Crippen LogP contribution in [0.5, 0.6) is 23.0 Å². The molecule has 0 aliphatic heterocycles. The predicted octanol–water partition coefficient (Wildman–Crippen LogP) is 13.4. The molecule has 0 fully saturated rings. The summed E-state index contributed by atoms with van der Waals surface area (Å²) in [7, 11) is 0. The lowest BCUT2D eigenvalue weighted by atomic mass is 10.0. The van der Waals surface area contributed by atoms with Gasteiger partial charge in [0.15, 0.2) is 0 Å². The number of anilines is 2. The molecule has 0 amide bonds. The largest absolute Gasteiger partial charge is 0.457 e. The van der Waals surface area contributed by atoms with Crippen molar-refractivity contribution in [2.24, 2.45) is 0 Å². The Hall–Kier alpha value is -3.14. The highest BCUT2D eigenvalue weighted by atomic mass is 16.5. The number of hydrogen-bond donors (Lipinski definition) is 2. The molecule has 0 heterocycles. The molecule has 254 valence electrons. The third-order valence-corrected chi connectivity index (χ3v) is 9.11. The van der Waals surface area contributed by atoms with Crippen LogP contribution in [0.25, 0.3) is 0 Å². The van der Waals surface area contributed by atoms with Crippen molar-refractivity contribution in [2.45, 2.75) is 155 Å². The van der Waals surface area contributed by atoms with E-state index < -0.39 is 0 Å². The van der Waals surface area contributed by atoms with E-state index in [0.717, 1.165) is 35.7 Å². The highest BCUT2D eigenvalue weighted by Gasteiger charge is 2.07. The van der Waals surface area contributed by atoms with Crippen LogP contribution in [0, 0.1) is 0 Å². The highest BCUT2D eigenvalue weighted by Crippen LogP contribution is 2.32. The Morgan fingerprint density at radius 3 is 1.07 bits per heavy atom. The quantitative estimate of drug-likeness (QED) is 0.0685. The zero-order chi connectivity index (χ0) is 32.7. The third-order valence-electron chi connectivity index (χ3n) is 9.11. The van der Waals surface area contributed by atoms with Crippen LogP contribution in [0.15, 0.2) is 60.7 Å². The SMILES string of the molecule is CCCCCCCCCCCCc1ccc(Oc2cccc(Oc3ccc(CCCCCCCCCCCC)c(N)c3)c2)cc1N. The van der Waals surface area contributed by atoms with Crippen molar-refractivity contribution in [3.8, 4) is 23.0 Å². The van der Waals surface area contributed by atoms with Crippen LogP contribution < -0.4 is 20.9 Å². The molecule has 0 unspecified atom stereocenters. The summed E-state index contributed by atoms with van der Waals surface area (Å²) < 4.78 is 12.3. The molecule has 0 bridgehead atoms. The first-order chi connectivity index (χ1) is 22.6. The number of benzene rings is 3. The molecular formula is C42H64N2O2. The summed E-state index contributed by atoms with van der Waals surface area (Å²) in [4.78, 5) is 0. The lowest BCUT2D eigenvalue weighted by molar-refractivity contribution is 0.460. The van der Waals surface area contributed by atoms with Gasteiger partial charge in [0.2, 0.25) is 0 Å². The first-order valence-corrected chi connectivity index (χ1v) is 18.8. The summed E-state index contributed by atoms with van der Waals surface area (Å²) in [5.74, 6) is 2.90. The Morgan fingerprint density at radius 2 is 0.717 bits per heavy atom. The van der Waals surface area contributed by atoms with Crippen LogP contribution in [0.3, 0.4) is 0 Å². The van der Waals surface area contributed by atoms with E-state index in [1.807, 2.05) is 48.5 Å². The predicted molar refractivity (Wildman–Crippen MR) is 199 cm³/mol. The zero-order valence-electron chi connectivity index (χ0n) is 29.3. The summed E-state index contributed by atoms with van der Waals surface area (Å²) in [6, 6.07) is 19.8. The Labute approximate surface area is 281 Å². The van der Waals surface area contributed by atoms with Gasteiger partial charge in [0.1, 0.15) is 23.0 Å². The normalized spacial score (nSPS) is 11.2. The van der Waals surface area contributed by atoms with Crippen molar-refractivity contribution in [1.29, 1.82) is 0 Å². The minimum Gasteiger partial charge on any atom is -0.457 e. The molecule has 0 atom stereocenters. The molecule has 0 aromatic heterocycles. The topological polar surface area (TPSA) is 70.5 Å². The van der Waals surface area contributed by atoms with Gasteiger partial charge in [-0.25, -0.2) is 0 Å². The smallest absolute Gasteiger partial charge is 0.131 e. The van der Waals surface area contributed by atoms with E-state index in [-0.39, 0.29) is 0 Å². The fourth-order valence-electron chi connectivity index (χ4n) is 6.21. The maximum atomic E-state index is 6.41. The van der Waals surface area contributed by atoms with E-state index in [0.29, 0.717) is 11.5 Å². The van der Waals surface area contributed by atoms with Crippen molar-refractivity contribution in [2.75, 3.05) is 11.5 Å². The van der Waals surface area contributed by atoms with Gasteiger partial charge >= 0.3 is 0 Å². The molecule has 0 aliphatic carbocycles. The molecule has 3 aromatic rings. The molecule has 0 spiro atoms.